The van der Waals surface area contributed by atoms with E-state index >= 15 is 0 Å². The number of nitrogen functional groups attached to an aromatic ring is 1. The Morgan fingerprint density at radius 2 is 1.60 bits per heavy atom. The van der Waals surface area contributed by atoms with Crippen LogP contribution in [-0.2, 0) is 17.8 Å². The molecule has 1 atom stereocenters. The zero-order valence-corrected chi connectivity index (χ0v) is 23.3. The Bertz CT molecular complexity index is 1770. The molecule has 1 aromatic heterocycles. The fourth-order valence-corrected chi connectivity index (χ4v) is 4.64. The molecule has 9 nitrogen and oxygen atoms in total. The van der Waals surface area contributed by atoms with Gasteiger partial charge in [0.1, 0.15) is 17.6 Å². The number of hydrogen-bond donors (Lipinski definition) is 5. The van der Waals surface area contributed by atoms with E-state index in [0.29, 0.717) is 22.6 Å². The van der Waals surface area contributed by atoms with Crippen LogP contribution in [0.2, 0.25) is 0 Å². The molecule has 0 unspecified atom stereocenters. The molecular formula is C33H30FN5O4. The predicted octanol–water partition coefficient (Wildman–Crippen LogP) is 4.81. The molecule has 1 heterocycles. The summed E-state index contributed by atoms with van der Waals surface area (Å²) < 4.78 is 18.5. The van der Waals surface area contributed by atoms with Gasteiger partial charge in [0.05, 0.1) is 18.5 Å². The number of hydrogen-bond acceptors (Lipinski definition) is 5. The molecule has 218 valence electrons. The fraction of sp³-hybridized carbons (Fsp3) is 0.121. The quantitative estimate of drug-likeness (QED) is 0.151. The smallest absolute Gasteiger partial charge is 0.255 e. The molecule has 10 heteroatoms. The van der Waals surface area contributed by atoms with Gasteiger partial charge in [-0.15, -0.1) is 0 Å². The molecule has 0 bridgehead atoms. The lowest BCUT2D eigenvalue weighted by Gasteiger charge is -2.19. The topological polar surface area (TPSA) is 138 Å². The van der Waals surface area contributed by atoms with Crippen LogP contribution >= 0.6 is 0 Å². The highest BCUT2D eigenvalue weighted by Gasteiger charge is 2.23. The number of fused-ring (bicyclic) bond motifs is 1. The molecule has 4 aromatic carbocycles. The van der Waals surface area contributed by atoms with Gasteiger partial charge in [0.15, 0.2) is 0 Å². The molecule has 0 aliphatic heterocycles. The molecule has 0 aliphatic rings. The van der Waals surface area contributed by atoms with Crippen molar-refractivity contribution < 1.29 is 23.5 Å². The summed E-state index contributed by atoms with van der Waals surface area (Å²) in [6, 6.07) is 23.9. The normalized spacial score (nSPS) is 11.5. The van der Waals surface area contributed by atoms with Crippen molar-refractivity contribution in [2.75, 3.05) is 18.2 Å². The van der Waals surface area contributed by atoms with E-state index in [9.17, 15) is 18.8 Å². The van der Waals surface area contributed by atoms with Crippen molar-refractivity contribution in [1.29, 1.82) is 0 Å². The average molecular weight is 580 g/mol. The number of anilines is 2. The summed E-state index contributed by atoms with van der Waals surface area (Å²) in [7, 11) is 1.54. The number of halogens is 1. The first-order valence-electron chi connectivity index (χ1n) is 13.5. The number of methoxy groups -OCH3 is 1. The van der Waals surface area contributed by atoms with Crippen LogP contribution in [0.1, 0.15) is 31.8 Å². The summed E-state index contributed by atoms with van der Waals surface area (Å²) in [5.41, 5.74) is 9.54. The Labute approximate surface area is 247 Å². The Kier molecular flexibility index (Phi) is 8.66. The molecule has 0 aliphatic carbocycles. The van der Waals surface area contributed by atoms with E-state index in [-0.39, 0.29) is 30.5 Å². The highest BCUT2D eigenvalue weighted by molar-refractivity contribution is 6.05. The van der Waals surface area contributed by atoms with Gasteiger partial charge in [-0.2, -0.15) is 0 Å². The van der Waals surface area contributed by atoms with Gasteiger partial charge in [0.25, 0.3) is 11.8 Å². The number of nitrogens with two attached hydrogens (primary N) is 1. The lowest BCUT2D eigenvalue weighted by molar-refractivity contribution is -0.123. The fourth-order valence-electron chi connectivity index (χ4n) is 4.64. The number of para-hydroxylation sites is 1. The van der Waals surface area contributed by atoms with Gasteiger partial charge < -0.3 is 31.4 Å². The SMILES string of the molecule is COc1ccc(C(=O)N[C@@H](Cc2c[nH]c3ccccc23)C(=O)NCc2ccc(C(=O)Nc3ccc(F)cc3N)cc2)cc1. The Hall–Kier alpha value is -5.64. The minimum absolute atomic E-state index is 0.119. The van der Waals surface area contributed by atoms with Gasteiger partial charge in [-0.1, -0.05) is 30.3 Å². The molecule has 5 rings (SSSR count). The van der Waals surface area contributed by atoms with E-state index in [0.717, 1.165) is 28.1 Å². The van der Waals surface area contributed by atoms with Crippen molar-refractivity contribution in [1.82, 2.24) is 15.6 Å². The van der Waals surface area contributed by atoms with Crippen molar-refractivity contribution in [3.05, 3.63) is 125 Å². The van der Waals surface area contributed by atoms with Crippen molar-refractivity contribution in [3.8, 4) is 5.75 Å². The van der Waals surface area contributed by atoms with Crippen LogP contribution in [0.15, 0.2) is 97.2 Å². The first-order chi connectivity index (χ1) is 20.8. The predicted molar refractivity (Wildman–Crippen MR) is 163 cm³/mol. The molecule has 0 radical (unpaired) electrons. The molecule has 5 aromatic rings. The maximum absolute atomic E-state index is 13.4. The lowest BCUT2D eigenvalue weighted by Crippen LogP contribution is -2.47. The van der Waals surface area contributed by atoms with Gasteiger partial charge in [0.2, 0.25) is 5.91 Å². The summed E-state index contributed by atoms with van der Waals surface area (Å²) in [4.78, 5) is 42.4. The highest BCUT2D eigenvalue weighted by Crippen LogP contribution is 2.21. The third-order valence-electron chi connectivity index (χ3n) is 7.02. The van der Waals surface area contributed by atoms with Crippen LogP contribution in [0.4, 0.5) is 15.8 Å². The maximum Gasteiger partial charge on any atom is 0.255 e. The number of benzene rings is 4. The van der Waals surface area contributed by atoms with Crippen LogP contribution in [-0.4, -0.2) is 35.9 Å². The van der Waals surface area contributed by atoms with Gasteiger partial charge in [-0.25, -0.2) is 4.39 Å². The van der Waals surface area contributed by atoms with Crippen LogP contribution in [0.3, 0.4) is 0 Å². The van der Waals surface area contributed by atoms with E-state index in [4.69, 9.17) is 10.5 Å². The largest absolute Gasteiger partial charge is 0.497 e. The molecule has 0 fully saturated rings. The summed E-state index contributed by atoms with van der Waals surface area (Å²) in [5.74, 6) is -1.03. The number of amides is 3. The second kappa shape index (κ2) is 12.9. The summed E-state index contributed by atoms with van der Waals surface area (Å²) in [6.07, 6.45) is 2.11. The standard InChI is InChI=1S/C33H30FN5O4/c1-43-25-13-10-22(11-14-25)32(41)39-30(16-23-19-36-28-5-3-2-4-26(23)28)33(42)37-18-20-6-8-21(9-7-20)31(40)38-29-15-12-24(34)17-27(29)35/h2-15,17,19,30,36H,16,18,35H2,1H3,(H,37,42)(H,38,40)(H,39,41)/t30-/m0/s1. The zero-order valence-electron chi connectivity index (χ0n) is 23.3. The number of H-pyrrole nitrogens is 1. The van der Waals surface area contributed by atoms with Crippen molar-refractivity contribution in [3.63, 3.8) is 0 Å². The van der Waals surface area contributed by atoms with Gasteiger partial charge in [0, 0.05) is 41.2 Å². The maximum atomic E-state index is 13.4. The number of aromatic amines is 1. The first-order valence-corrected chi connectivity index (χ1v) is 13.5. The summed E-state index contributed by atoms with van der Waals surface area (Å²) in [6.45, 7) is 0.175. The minimum atomic E-state index is -0.861. The number of rotatable bonds is 10. The van der Waals surface area contributed by atoms with Crippen LogP contribution < -0.4 is 26.4 Å². The number of nitrogens with one attached hydrogen (secondary N) is 4. The van der Waals surface area contributed by atoms with Crippen LogP contribution in [0, 0.1) is 5.82 Å². The average Bonchev–Trinajstić information content (AvgIpc) is 3.43. The Balaban J connectivity index is 1.26. The van der Waals surface area contributed by atoms with Crippen molar-refractivity contribution in [2.45, 2.75) is 19.0 Å². The van der Waals surface area contributed by atoms with E-state index < -0.39 is 17.8 Å². The van der Waals surface area contributed by atoms with Crippen LogP contribution in [0.25, 0.3) is 10.9 Å². The molecular weight excluding hydrogens is 549 g/mol. The number of carbonyl (C=O) groups is 3. The number of carbonyl (C=O) groups excluding carboxylic acids is 3. The molecule has 0 spiro atoms. The van der Waals surface area contributed by atoms with E-state index in [1.54, 1.807) is 55.6 Å². The molecule has 0 saturated carbocycles. The third kappa shape index (κ3) is 6.99. The minimum Gasteiger partial charge on any atom is -0.497 e. The molecule has 0 saturated heterocycles. The van der Waals surface area contributed by atoms with Gasteiger partial charge >= 0.3 is 0 Å². The first kappa shape index (κ1) is 28.9. The monoisotopic (exact) mass is 579 g/mol. The van der Waals surface area contributed by atoms with Crippen LogP contribution in [0.5, 0.6) is 5.75 Å². The highest BCUT2D eigenvalue weighted by atomic mass is 19.1. The lowest BCUT2D eigenvalue weighted by atomic mass is 10.0. The van der Waals surface area contributed by atoms with E-state index in [1.165, 1.54) is 12.1 Å². The zero-order chi connectivity index (χ0) is 30.3. The Morgan fingerprint density at radius 3 is 2.33 bits per heavy atom. The van der Waals surface area contributed by atoms with Gasteiger partial charge in [-0.3, -0.25) is 14.4 Å². The number of ether oxygens (including phenoxy) is 1. The molecule has 6 N–H and O–H groups in total. The Morgan fingerprint density at radius 1 is 0.907 bits per heavy atom. The summed E-state index contributed by atoms with van der Waals surface area (Å²) >= 11 is 0. The van der Waals surface area contributed by atoms with Crippen molar-refractivity contribution >= 4 is 40.0 Å². The molecule has 3 amide bonds. The number of aromatic nitrogens is 1. The molecule has 43 heavy (non-hydrogen) atoms. The van der Waals surface area contributed by atoms with Crippen molar-refractivity contribution in [2.24, 2.45) is 0 Å². The third-order valence-corrected chi connectivity index (χ3v) is 7.02. The second-order valence-corrected chi connectivity index (χ2v) is 9.92. The second-order valence-electron chi connectivity index (χ2n) is 9.92. The van der Waals surface area contributed by atoms with Gasteiger partial charge in [-0.05, 0) is 71.8 Å². The summed E-state index contributed by atoms with van der Waals surface area (Å²) in [5, 5.41) is 9.40. The van der Waals surface area contributed by atoms with E-state index in [2.05, 4.69) is 20.9 Å². The van der Waals surface area contributed by atoms with E-state index in [1.807, 2.05) is 30.5 Å².